The minimum atomic E-state index is -0.0326. The zero-order chi connectivity index (χ0) is 15.1. The Hall–Kier alpha value is -1.20. The van der Waals surface area contributed by atoms with Gasteiger partial charge in [0.1, 0.15) is 0 Å². The van der Waals surface area contributed by atoms with Crippen molar-refractivity contribution in [3.63, 3.8) is 0 Å². The highest BCUT2D eigenvalue weighted by atomic mass is 32.2. The maximum Gasteiger partial charge on any atom is 0.237 e. The van der Waals surface area contributed by atoms with Gasteiger partial charge in [0.25, 0.3) is 0 Å². The summed E-state index contributed by atoms with van der Waals surface area (Å²) < 4.78 is 0. The summed E-state index contributed by atoms with van der Waals surface area (Å²) in [5.74, 6) is 2.39. The molecule has 0 spiro atoms. The summed E-state index contributed by atoms with van der Waals surface area (Å²) in [6, 6.07) is 10.2. The number of anilines is 1. The summed E-state index contributed by atoms with van der Waals surface area (Å²) in [4.78, 5) is 14.5. The lowest BCUT2D eigenvalue weighted by molar-refractivity contribution is -0.125. The number of thioether (sulfide) groups is 1. The van der Waals surface area contributed by atoms with Crippen molar-refractivity contribution in [2.24, 2.45) is 0 Å². The van der Waals surface area contributed by atoms with Gasteiger partial charge in [0.15, 0.2) is 0 Å². The number of para-hydroxylation sites is 1. The van der Waals surface area contributed by atoms with E-state index in [-0.39, 0.29) is 18.0 Å². The zero-order valence-electron chi connectivity index (χ0n) is 12.8. The number of nitrogens with one attached hydrogen (secondary N) is 2. The molecule has 5 heteroatoms. The van der Waals surface area contributed by atoms with Crippen molar-refractivity contribution in [1.29, 1.82) is 0 Å². The monoisotopic (exact) mass is 307 g/mol. The van der Waals surface area contributed by atoms with E-state index in [1.807, 2.05) is 49.0 Å². The van der Waals surface area contributed by atoms with E-state index < -0.39 is 0 Å². The molecule has 21 heavy (non-hydrogen) atoms. The van der Waals surface area contributed by atoms with Gasteiger partial charge in [-0.2, -0.15) is 11.8 Å². The van der Waals surface area contributed by atoms with Gasteiger partial charge >= 0.3 is 0 Å². The average molecular weight is 307 g/mol. The number of amides is 1. The van der Waals surface area contributed by atoms with Crippen LogP contribution in [0.5, 0.6) is 0 Å². The van der Waals surface area contributed by atoms with E-state index in [2.05, 4.69) is 22.5 Å². The molecule has 1 saturated heterocycles. The molecule has 2 rings (SSSR count). The van der Waals surface area contributed by atoms with Gasteiger partial charge in [-0.1, -0.05) is 18.2 Å². The number of hydrogen-bond acceptors (Lipinski definition) is 4. The second-order valence-electron chi connectivity index (χ2n) is 5.48. The molecular formula is C16H25N3OS. The van der Waals surface area contributed by atoms with E-state index in [0.29, 0.717) is 6.54 Å². The van der Waals surface area contributed by atoms with Gasteiger partial charge in [-0.15, -0.1) is 0 Å². The van der Waals surface area contributed by atoms with Gasteiger partial charge in [-0.3, -0.25) is 9.69 Å². The predicted octanol–water partition coefficient (Wildman–Crippen LogP) is 2.04. The second-order valence-corrected chi connectivity index (χ2v) is 6.71. The summed E-state index contributed by atoms with van der Waals surface area (Å²) in [6.07, 6.45) is 0. The van der Waals surface area contributed by atoms with Gasteiger partial charge < -0.3 is 10.6 Å². The Balaban J connectivity index is 1.72. The fourth-order valence-corrected chi connectivity index (χ4v) is 3.33. The topological polar surface area (TPSA) is 44.4 Å². The molecule has 1 fully saturated rings. The van der Waals surface area contributed by atoms with Crippen LogP contribution in [-0.2, 0) is 4.79 Å². The van der Waals surface area contributed by atoms with Crippen LogP contribution in [0.2, 0.25) is 0 Å². The minimum absolute atomic E-state index is 0.0326. The number of carbonyl (C=O) groups is 1. The van der Waals surface area contributed by atoms with Crippen molar-refractivity contribution in [3.8, 4) is 0 Å². The highest BCUT2D eigenvalue weighted by molar-refractivity contribution is 7.99. The first-order valence-electron chi connectivity index (χ1n) is 7.58. The summed E-state index contributed by atoms with van der Waals surface area (Å²) in [6.45, 7) is 6.74. The number of benzene rings is 1. The van der Waals surface area contributed by atoms with E-state index in [4.69, 9.17) is 0 Å². The standard InChI is InChI=1S/C16H25N3OS/c1-13(18-15-6-4-3-5-7-15)12-17-16(20)14(2)19-8-10-21-11-9-19/h3-7,13-14,18H,8-12H2,1-2H3,(H,17,20)/t13-,14+/m0/s1. The highest BCUT2D eigenvalue weighted by Crippen LogP contribution is 2.12. The third kappa shape index (κ3) is 5.25. The molecule has 0 aliphatic carbocycles. The molecule has 1 aromatic rings. The molecule has 0 unspecified atom stereocenters. The van der Waals surface area contributed by atoms with E-state index in [1.165, 1.54) is 0 Å². The minimum Gasteiger partial charge on any atom is -0.381 e. The predicted molar refractivity (Wildman–Crippen MR) is 90.9 cm³/mol. The fraction of sp³-hybridized carbons (Fsp3) is 0.562. The zero-order valence-corrected chi connectivity index (χ0v) is 13.7. The number of nitrogens with zero attached hydrogens (tertiary/aromatic N) is 1. The number of rotatable bonds is 6. The molecule has 2 atom stereocenters. The van der Waals surface area contributed by atoms with Crippen LogP contribution in [-0.4, -0.2) is 54.0 Å². The third-order valence-electron chi connectivity index (χ3n) is 3.74. The van der Waals surface area contributed by atoms with Crippen molar-refractivity contribution in [1.82, 2.24) is 10.2 Å². The maximum absolute atomic E-state index is 12.2. The Labute approximate surface area is 131 Å². The van der Waals surface area contributed by atoms with Crippen LogP contribution >= 0.6 is 11.8 Å². The Morgan fingerprint density at radius 2 is 1.90 bits per heavy atom. The fourth-order valence-electron chi connectivity index (χ4n) is 2.40. The van der Waals surface area contributed by atoms with Crippen LogP contribution in [0.1, 0.15) is 13.8 Å². The molecule has 1 amide bonds. The summed E-state index contributed by atoms with van der Waals surface area (Å²) in [5, 5.41) is 6.43. The average Bonchev–Trinajstić information content (AvgIpc) is 2.53. The number of carbonyl (C=O) groups excluding carboxylic acids is 1. The van der Waals surface area contributed by atoms with Crippen molar-refractivity contribution >= 4 is 23.4 Å². The molecular weight excluding hydrogens is 282 g/mol. The lowest BCUT2D eigenvalue weighted by Gasteiger charge is -2.31. The van der Waals surface area contributed by atoms with Gasteiger partial charge in [-0.25, -0.2) is 0 Å². The van der Waals surface area contributed by atoms with Crippen LogP contribution in [0.25, 0.3) is 0 Å². The molecule has 1 aromatic carbocycles. The smallest absolute Gasteiger partial charge is 0.237 e. The molecule has 4 nitrogen and oxygen atoms in total. The third-order valence-corrected chi connectivity index (χ3v) is 4.68. The van der Waals surface area contributed by atoms with Gasteiger partial charge in [0, 0.05) is 42.9 Å². The highest BCUT2D eigenvalue weighted by Gasteiger charge is 2.22. The maximum atomic E-state index is 12.2. The molecule has 1 aliphatic heterocycles. The molecule has 0 saturated carbocycles. The quantitative estimate of drug-likeness (QED) is 0.844. The van der Waals surface area contributed by atoms with Crippen molar-refractivity contribution in [2.45, 2.75) is 25.9 Å². The summed E-state index contributed by atoms with van der Waals surface area (Å²) in [7, 11) is 0. The largest absolute Gasteiger partial charge is 0.381 e. The lowest BCUT2D eigenvalue weighted by atomic mass is 10.2. The van der Waals surface area contributed by atoms with E-state index >= 15 is 0 Å². The molecule has 0 bridgehead atoms. The molecule has 0 radical (unpaired) electrons. The molecule has 1 aliphatic rings. The Kier molecular flexibility index (Phi) is 6.39. The van der Waals surface area contributed by atoms with Crippen molar-refractivity contribution in [2.75, 3.05) is 36.5 Å². The van der Waals surface area contributed by atoms with E-state index in [9.17, 15) is 4.79 Å². The van der Waals surface area contributed by atoms with Crippen molar-refractivity contribution in [3.05, 3.63) is 30.3 Å². The molecule has 1 heterocycles. The second kappa shape index (κ2) is 8.29. The van der Waals surface area contributed by atoms with Crippen LogP contribution in [0.3, 0.4) is 0 Å². The van der Waals surface area contributed by atoms with Gasteiger partial charge in [0.05, 0.1) is 6.04 Å². The molecule has 2 N–H and O–H groups in total. The number of hydrogen-bond donors (Lipinski definition) is 2. The van der Waals surface area contributed by atoms with E-state index in [0.717, 1.165) is 30.3 Å². The first-order chi connectivity index (χ1) is 10.2. The van der Waals surface area contributed by atoms with Crippen LogP contribution in [0, 0.1) is 0 Å². The molecule has 0 aromatic heterocycles. The molecule has 116 valence electrons. The van der Waals surface area contributed by atoms with Gasteiger partial charge in [0.2, 0.25) is 5.91 Å². The van der Waals surface area contributed by atoms with Crippen molar-refractivity contribution < 1.29 is 4.79 Å². The Morgan fingerprint density at radius 3 is 2.57 bits per heavy atom. The lowest BCUT2D eigenvalue weighted by Crippen LogP contribution is -2.49. The van der Waals surface area contributed by atoms with Crippen LogP contribution in [0.15, 0.2) is 30.3 Å². The SMILES string of the molecule is C[C@H](C(=O)NC[C@H](C)Nc1ccccc1)N1CCSCC1. The summed E-state index contributed by atoms with van der Waals surface area (Å²) in [5.41, 5.74) is 1.08. The Bertz CT molecular complexity index is 434. The normalized spacial score (nSPS) is 18.8. The summed E-state index contributed by atoms with van der Waals surface area (Å²) >= 11 is 1.96. The van der Waals surface area contributed by atoms with Crippen LogP contribution in [0.4, 0.5) is 5.69 Å². The van der Waals surface area contributed by atoms with Crippen LogP contribution < -0.4 is 10.6 Å². The first kappa shape index (κ1) is 16.2. The van der Waals surface area contributed by atoms with Gasteiger partial charge in [-0.05, 0) is 26.0 Å². The van der Waals surface area contributed by atoms with E-state index in [1.54, 1.807) is 0 Å². The first-order valence-corrected chi connectivity index (χ1v) is 8.73. The Morgan fingerprint density at radius 1 is 1.24 bits per heavy atom.